The summed E-state index contributed by atoms with van der Waals surface area (Å²) in [7, 11) is 0. The van der Waals surface area contributed by atoms with Gasteiger partial charge in [0.15, 0.2) is 5.96 Å². The largest absolute Gasteiger partial charge is 0.370 e. The second kappa shape index (κ2) is 3.64. The molecule has 1 heterocycles. The zero-order chi connectivity index (χ0) is 12.0. The highest BCUT2D eigenvalue weighted by Crippen LogP contribution is 2.47. The SMILES string of the molecule is CCN1C(N)=NCC12CC(C)CC(C)(C)C2. The highest BCUT2D eigenvalue weighted by Gasteiger charge is 2.49. The quantitative estimate of drug-likeness (QED) is 0.740. The second-order valence-electron chi connectivity index (χ2n) is 6.50. The van der Waals surface area contributed by atoms with E-state index in [0.717, 1.165) is 25.0 Å². The molecule has 16 heavy (non-hydrogen) atoms. The number of nitrogens with two attached hydrogens (primary N) is 1. The van der Waals surface area contributed by atoms with Gasteiger partial charge in [-0.2, -0.15) is 0 Å². The Labute approximate surface area is 99.1 Å². The Bertz CT molecular complexity index is 308. The minimum atomic E-state index is 0.222. The van der Waals surface area contributed by atoms with Crippen LogP contribution in [0.25, 0.3) is 0 Å². The summed E-state index contributed by atoms with van der Waals surface area (Å²) >= 11 is 0. The molecule has 0 aromatic heterocycles. The van der Waals surface area contributed by atoms with E-state index in [1.165, 1.54) is 19.3 Å². The van der Waals surface area contributed by atoms with Crippen LogP contribution in [-0.2, 0) is 0 Å². The van der Waals surface area contributed by atoms with E-state index in [1.54, 1.807) is 0 Å². The van der Waals surface area contributed by atoms with Crippen LogP contribution in [0.15, 0.2) is 4.99 Å². The monoisotopic (exact) mass is 223 g/mol. The lowest BCUT2D eigenvalue weighted by atomic mass is 9.64. The van der Waals surface area contributed by atoms with Crippen molar-refractivity contribution < 1.29 is 0 Å². The number of nitrogens with zero attached hydrogens (tertiary/aromatic N) is 2. The minimum absolute atomic E-state index is 0.222. The molecule has 0 aromatic rings. The van der Waals surface area contributed by atoms with E-state index in [4.69, 9.17) is 5.73 Å². The summed E-state index contributed by atoms with van der Waals surface area (Å²) in [6, 6.07) is 0. The zero-order valence-electron chi connectivity index (χ0n) is 11.1. The summed E-state index contributed by atoms with van der Waals surface area (Å²) in [4.78, 5) is 6.82. The number of hydrogen-bond acceptors (Lipinski definition) is 3. The standard InChI is InChI=1S/C13H25N3/c1-5-16-11(14)15-9-13(16)7-10(2)6-12(3,4)8-13/h10H,5-9H2,1-4H3,(H2,14,15). The molecule has 2 rings (SSSR count). The Balaban J connectivity index is 2.25. The van der Waals surface area contributed by atoms with Crippen LogP contribution < -0.4 is 5.73 Å². The molecule has 1 aliphatic heterocycles. The maximum atomic E-state index is 6.00. The average Bonchev–Trinajstić information content (AvgIpc) is 2.39. The third-order valence-electron chi connectivity index (χ3n) is 4.14. The summed E-state index contributed by atoms with van der Waals surface area (Å²) in [5.74, 6) is 1.53. The van der Waals surface area contributed by atoms with Crippen LogP contribution in [0.4, 0.5) is 0 Å². The van der Waals surface area contributed by atoms with E-state index in [9.17, 15) is 0 Å². The third kappa shape index (κ3) is 1.80. The molecule has 0 bridgehead atoms. The first-order valence-corrected chi connectivity index (χ1v) is 6.46. The van der Waals surface area contributed by atoms with E-state index in [-0.39, 0.29) is 5.54 Å². The lowest BCUT2D eigenvalue weighted by Crippen LogP contribution is -2.56. The first-order valence-electron chi connectivity index (χ1n) is 6.46. The van der Waals surface area contributed by atoms with Gasteiger partial charge in [-0.25, -0.2) is 0 Å². The normalized spacial score (nSPS) is 37.9. The van der Waals surface area contributed by atoms with Crippen LogP contribution in [0.5, 0.6) is 0 Å². The summed E-state index contributed by atoms with van der Waals surface area (Å²) in [5.41, 5.74) is 6.65. The van der Waals surface area contributed by atoms with Gasteiger partial charge in [-0.3, -0.25) is 4.99 Å². The van der Waals surface area contributed by atoms with E-state index in [0.29, 0.717) is 5.41 Å². The average molecular weight is 223 g/mol. The molecule has 2 unspecified atom stereocenters. The number of aliphatic imine (C=N–C) groups is 1. The molecule has 92 valence electrons. The minimum Gasteiger partial charge on any atom is -0.370 e. The molecule has 2 atom stereocenters. The molecular weight excluding hydrogens is 198 g/mol. The molecule has 3 nitrogen and oxygen atoms in total. The molecule has 3 heteroatoms. The molecule has 0 radical (unpaired) electrons. The van der Waals surface area contributed by atoms with Crippen LogP contribution in [-0.4, -0.2) is 29.5 Å². The fourth-order valence-electron chi connectivity index (χ4n) is 4.16. The molecule has 1 spiro atoms. The summed E-state index contributed by atoms with van der Waals surface area (Å²) in [5, 5.41) is 0. The number of likely N-dealkylation sites (N-methyl/N-ethyl adjacent to an activating group) is 1. The van der Waals surface area contributed by atoms with Gasteiger partial charge in [0, 0.05) is 6.54 Å². The second-order valence-corrected chi connectivity index (χ2v) is 6.50. The van der Waals surface area contributed by atoms with Crippen LogP contribution in [0, 0.1) is 11.3 Å². The molecule has 0 aromatic carbocycles. The van der Waals surface area contributed by atoms with Gasteiger partial charge in [-0.1, -0.05) is 20.8 Å². The predicted octanol–water partition coefficient (Wildman–Crippen LogP) is 2.22. The maximum Gasteiger partial charge on any atom is 0.191 e. The molecule has 1 fully saturated rings. The van der Waals surface area contributed by atoms with Crippen molar-refractivity contribution in [1.29, 1.82) is 0 Å². The molecule has 2 N–H and O–H groups in total. The van der Waals surface area contributed by atoms with Crippen molar-refractivity contribution >= 4 is 5.96 Å². The van der Waals surface area contributed by atoms with Crippen LogP contribution in [0.1, 0.15) is 47.0 Å². The Morgan fingerprint density at radius 2 is 2.12 bits per heavy atom. The van der Waals surface area contributed by atoms with Crippen LogP contribution >= 0.6 is 0 Å². The number of rotatable bonds is 1. The highest BCUT2D eigenvalue weighted by molar-refractivity contribution is 5.81. The smallest absolute Gasteiger partial charge is 0.191 e. The van der Waals surface area contributed by atoms with Gasteiger partial charge in [0.1, 0.15) is 0 Å². The Hall–Kier alpha value is -0.730. The van der Waals surface area contributed by atoms with Crippen LogP contribution in [0.3, 0.4) is 0 Å². The van der Waals surface area contributed by atoms with Gasteiger partial charge in [-0.15, -0.1) is 0 Å². The number of hydrogen-bond donors (Lipinski definition) is 1. The van der Waals surface area contributed by atoms with Crippen molar-refractivity contribution in [2.75, 3.05) is 13.1 Å². The predicted molar refractivity (Wildman–Crippen MR) is 68.4 cm³/mol. The highest BCUT2D eigenvalue weighted by atomic mass is 15.4. The molecule has 1 saturated carbocycles. The lowest BCUT2D eigenvalue weighted by molar-refractivity contribution is 0.0403. The first kappa shape index (κ1) is 11.7. The van der Waals surface area contributed by atoms with Crippen molar-refractivity contribution in [3.63, 3.8) is 0 Å². The lowest BCUT2D eigenvalue weighted by Gasteiger charge is -2.50. The first-order chi connectivity index (χ1) is 7.38. The van der Waals surface area contributed by atoms with E-state index >= 15 is 0 Å². The molecule has 1 aliphatic carbocycles. The molecule has 0 amide bonds. The van der Waals surface area contributed by atoms with E-state index < -0.39 is 0 Å². The van der Waals surface area contributed by atoms with Crippen molar-refractivity contribution in [2.45, 2.75) is 52.5 Å². The van der Waals surface area contributed by atoms with Gasteiger partial charge < -0.3 is 10.6 Å². The third-order valence-corrected chi connectivity index (χ3v) is 4.14. The maximum absolute atomic E-state index is 6.00. The van der Waals surface area contributed by atoms with Crippen molar-refractivity contribution in [2.24, 2.45) is 22.1 Å². The fourth-order valence-corrected chi connectivity index (χ4v) is 4.16. The van der Waals surface area contributed by atoms with E-state index in [2.05, 4.69) is 37.6 Å². The molecule has 0 saturated heterocycles. The van der Waals surface area contributed by atoms with Gasteiger partial charge in [0.05, 0.1) is 12.1 Å². The molecular formula is C13H25N3. The van der Waals surface area contributed by atoms with Gasteiger partial charge in [0.2, 0.25) is 0 Å². The summed E-state index contributed by atoms with van der Waals surface area (Å²) in [6.45, 7) is 11.2. The van der Waals surface area contributed by atoms with Crippen molar-refractivity contribution in [3.8, 4) is 0 Å². The topological polar surface area (TPSA) is 41.6 Å². The van der Waals surface area contributed by atoms with Gasteiger partial charge in [-0.05, 0) is 37.5 Å². The Morgan fingerprint density at radius 1 is 1.44 bits per heavy atom. The summed E-state index contributed by atoms with van der Waals surface area (Å²) < 4.78 is 0. The summed E-state index contributed by atoms with van der Waals surface area (Å²) in [6.07, 6.45) is 3.79. The number of guanidine groups is 1. The zero-order valence-corrected chi connectivity index (χ0v) is 11.1. The van der Waals surface area contributed by atoms with Gasteiger partial charge in [0.25, 0.3) is 0 Å². The van der Waals surface area contributed by atoms with E-state index in [1.807, 2.05) is 0 Å². The van der Waals surface area contributed by atoms with Crippen LogP contribution in [0.2, 0.25) is 0 Å². The Kier molecular flexibility index (Phi) is 2.67. The van der Waals surface area contributed by atoms with Crippen molar-refractivity contribution in [1.82, 2.24) is 4.90 Å². The fraction of sp³-hybridized carbons (Fsp3) is 0.923. The molecule has 2 aliphatic rings. The Morgan fingerprint density at radius 3 is 2.69 bits per heavy atom. The van der Waals surface area contributed by atoms with Crippen molar-refractivity contribution in [3.05, 3.63) is 0 Å². The van der Waals surface area contributed by atoms with Gasteiger partial charge >= 0.3 is 0 Å².